The Morgan fingerprint density at radius 1 is 1.12 bits per heavy atom. The van der Waals surface area contributed by atoms with Crippen LogP contribution in [-0.2, 0) is 11.3 Å². The average molecular weight is 467 g/mol. The van der Waals surface area contributed by atoms with Crippen molar-refractivity contribution in [1.29, 1.82) is 0 Å². The van der Waals surface area contributed by atoms with Crippen molar-refractivity contribution in [3.05, 3.63) is 71.2 Å². The van der Waals surface area contributed by atoms with E-state index in [4.69, 9.17) is 4.74 Å². The molecule has 2 aromatic carbocycles. The summed E-state index contributed by atoms with van der Waals surface area (Å²) >= 11 is 1.35. The molecule has 0 saturated carbocycles. The van der Waals surface area contributed by atoms with Gasteiger partial charge in [0.15, 0.2) is 5.13 Å². The van der Waals surface area contributed by atoms with Gasteiger partial charge in [-0.3, -0.25) is 9.59 Å². The summed E-state index contributed by atoms with van der Waals surface area (Å²) in [5.41, 5.74) is 2.11. The summed E-state index contributed by atoms with van der Waals surface area (Å²) in [5.74, 6) is 0.421. The van der Waals surface area contributed by atoms with Crippen molar-refractivity contribution >= 4 is 34.0 Å². The Hall–Kier alpha value is -3.39. The van der Waals surface area contributed by atoms with E-state index in [1.165, 1.54) is 11.3 Å². The molecule has 0 bridgehead atoms. The molecule has 0 fully saturated rings. The fraction of sp³-hybridized carbons (Fsp3) is 0.320. The van der Waals surface area contributed by atoms with Gasteiger partial charge in [-0.05, 0) is 31.0 Å². The molecule has 0 radical (unpaired) electrons. The van der Waals surface area contributed by atoms with Crippen LogP contribution in [-0.4, -0.2) is 41.4 Å². The first-order chi connectivity index (χ1) is 16.0. The predicted octanol–water partition coefficient (Wildman–Crippen LogP) is 4.84. The Labute approximate surface area is 198 Å². The van der Waals surface area contributed by atoms with Gasteiger partial charge < -0.3 is 20.3 Å². The topological polar surface area (TPSA) is 83.6 Å². The van der Waals surface area contributed by atoms with Gasteiger partial charge in [-0.2, -0.15) is 0 Å². The first-order valence-corrected chi connectivity index (χ1v) is 11.9. The second kappa shape index (κ2) is 12.0. The van der Waals surface area contributed by atoms with Gasteiger partial charge in [-0.15, -0.1) is 11.3 Å². The van der Waals surface area contributed by atoms with Gasteiger partial charge in [0.05, 0.1) is 12.8 Å². The van der Waals surface area contributed by atoms with E-state index in [2.05, 4.69) is 15.6 Å². The van der Waals surface area contributed by atoms with Crippen LogP contribution in [0, 0.1) is 0 Å². The van der Waals surface area contributed by atoms with E-state index in [1.807, 2.05) is 68.4 Å². The number of benzene rings is 2. The van der Waals surface area contributed by atoms with E-state index in [0.29, 0.717) is 29.7 Å². The van der Waals surface area contributed by atoms with Crippen molar-refractivity contribution in [2.75, 3.05) is 19.0 Å². The van der Waals surface area contributed by atoms with Crippen LogP contribution in [0.15, 0.2) is 60.0 Å². The lowest BCUT2D eigenvalue weighted by Crippen LogP contribution is -2.37. The number of hydrogen-bond acceptors (Lipinski definition) is 6. The Bertz CT molecular complexity index is 1050. The number of methoxy groups -OCH3 is 1. The first kappa shape index (κ1) is 24.3. The van der Waals surface area contributed by atoms with Crippen LogP contribution in [0.25, 0.3) is 0 Å². The predicted molar refractivity (Wildman–Crippen MR) is 132 cm³/mol. The van der Waals surface area contributed by atoms with Crippen molar-refractivity contribution in [3.8, 4) is 5.75 Å². The summed E-state index contributed by atoms with van der Waals surface area (Å²) in [6.07, 6.45) is 1.10. The molecular formula is C25H30N4O3S. The number of carbonyl (C=O) groups is 2. The first-order valence-electron chi connectivity index (χ1n) is 11.0. The number of ether oxygens (including phenoxy) is 1. The van der Waals surface area contributed by atoms with Crippen LogP contribution in [0.4, 0.5) is 10.8 Å². The van der Waals surface area contributed by atoms with Crippen molar-refractivity contribution in [3.63, 3.8) is 0 Å². The lowest BCUT2D eigenvalue weighted by molar-refractivity contribution is -0.121. The fourth-order valence-corrected chi connectivity index (χ4v) is 3.89. The van der Waals surface area contributed by atoms with Crippen LogP contribution in [0.1, 0.15) is 42.7 Å². The molecule has 174 valence electrons. The number of para-hydroxylation sites is 2. The van der Waals surface area contributed by atoms with Gasteiger partial charge in [0, 0.05) is 30.9 Å². The molecule has 3 aromatic rings. The zero-order valence-corrected chi connectivity index (χ0v) is 20.0. The maximum absolute atomic E-state index is 13.3. The highest BCUT2D eigenvalue weighted by atomic mass is 32.1. The standard InChI is InChI=1S/C25H30N4O3S/c1-4-18(2)26-23(30)14-15-29(16-19-10-6-5-7-11-19)24(31)21-17-33-25(28-21)27-20-12-8-9-13-22(20)32-3/h5-13,17-18H,4,14-16H2,1-3H3,(H,26,30)(H,27,28)/t18-/m0/s1. The summed E-state index contributed by atoms with van der Waals surface area (Å²) in [6, 6.07) is 17.4. The third-order valence-electron chi connectivity index (χ3n) is 5.20. The number of aromatic nitrogens is 1. The van der Waals surface area contributed by atoms with Crippen LogP contribution >= 0.6 is 11.3 Å². The highest BCUT2D eigenvalue weighted by molar-refractivity contribution is 7.14. The lowest BCUT2D eigenvalue weighted by atomic mass is 10.2. The van der Waals surface area contributed by atoms with Crippen LogP contribution in [0.5, 0.6) is 5.75 Å². The molecule has 8 heteroatoms. The summed E-state index contributed by atoms with van der Waals surface area (Å²) < 4.78 is 5.37. The van der Waals surface area contributed by atoms with Crippen molar-refractivity contribution in [1.82, 2.24) is 15.2 Å². The Morgan fingerprint density at radius 3 is 2.58 bits per heavy atom. The van der Waals surface area contributed by atoms with Gasteiger partial charge in [-0.1, -0.05) is 49.4 Å². The second-order valence-corrected chi connectivity index (χ2v) is 8.56. The van der Waals surface area contributed by atoms with E-state index < -0.39 is 0 Å². The Morgan fingerprint density at radius 2 is 1.85 bits per heavy atom. The molecule has 0 aliphatic rings. The third-order valence-corrected chi connectivity index (χ3v) is 5.96. The molecule has 0 unspecified atom stereocenters. The molecule has 7 nitrogen and oxygen atoms in total. The average Bonchev–Trinajstić information content (AvgIpc) is 3.30. The normalized spacial score (nSPS) is 11.5. The fourth-order valence-electron chi connectivity index (χ4n) is 3.20. The van der Waals surface area contributed by atoms with E-state index in [9.17, 15) is 9.59 Å². The smallest absolute Gasteiger partial charge is 0.273 e. The number of amides is 2. The third kappa shape index (κ3) is 7.05. The molecular weight excluding hydrogens is 436 g/mol. The summed E-state index contributed by atoms with van der Waals surface area (Å²) in [7, 11) is 1.61. The molecule has 1 atom stereocenters. The number of rotatable bonds is 11. The number of nitrogens with zero attached hydrogens (tertiary/aromatic N) is 2. The van der Waals surface area contributed by atoms with E-state index in [-0.39, 0.29) is 24.3 Å². The molecule has 3 rings (SSSR count). The number of thiazole rings is 1. The molecule has 2 amide bonds. The van der Waals surface area contributed by atoms with Crippen molar-refractivity contribution in [2.45, 2.75) is 39.3 Å². The molecule has 1 aromatic heterocycles. The molecule has 1 heterocycles. The number of hydrogen-bond donors (Lipinski definition) is 2. The molecule has 2 N–H and O–H groups in total. The van der Waals surface area contributed by atoms with Crippen LogP contribution in [0.3, 0.4) is 0 Å². The highest BCUT2D eigenvalue weighted by Gasteiger charge is 2.21. The second-order valence-electron chi connectivity index (χ2n) is 7.70. The van der Waals surface area contributed by atoms with Gasteiger partial charge in [0.1, 0.15) is 11.4 Å². The van der Waals surface area contributed by atoms with E-state index in [1.54, 1.807) is 17.4 Å². The van der Waals surface area contributed by atoms with Gasteiger partial charge in [0.25, 0.3) is 5.91 Å². The van der Waals surface area contributed by atoms with E-state index >= 15 is 0 Å². The monoisotopic (exact) mass is 466 g/mol. The largest absolute Gasteiger partial charge is 0.495 e. The van der Waals surface area contributed by atoms with Crippen LogP contribution < -0.4 is 15.4 Å². The maximum Gasteiger partial charge on any atom is 0.273 e. The molecule has 0 saturated heterocycles. The molecule has 0 aliphatic heterocycles. The minimum absolute atomic E-state index is 0.0629. The van der Waals surface area contributed by atoms with Crippen molar-refractivity contribution in [2.24, 2.45) is 0 Å². The van der Waals surface area contributed by atoms with Gasteiger partial charge in [-0.25, -0.2) is 4.98 Å². The molecule has 0 spiro atoms. The molecule has 0 aliphatic carbocycles. The Kier molecular flexibility index (Phi) is 8.83. The SMILES string of the molecule is CC[C@H](C)NC(=O)CCN(Cc1ccccc1)C(=O)c1csc(Nc2ccccc2OC)n1. The van der Waals surface area contributed by atoms with Crippen molar-refractivity contribution < 1.29 is 14.3 Å². The highest BCUT2D eigenvalue weighted by Crippen LogP contribution is 2.29. The number of anilines is 2. The summed E-state index contributed by atoms with van der Waals surface area (Å²) in [6.45, 7) is 4.71. The van der Waals surface area contributed by atoms with E-state index in [0.717, 1.165) is 17.7 Å². The lowest BCUT2D eigenvalue weighted by Gasteiger charge is -2.22. The molecule has 33 heavy (non-hydrogen) atoms. The Balaban J connectivity index is 1.73. The van der Waals surface area contributed by atoms with Crippen LogP contribution in [0.2, 0.25) is 0 Å². The summed E-state index contributed by atoms with van der Waals surface area (Å²) in [5, 5.41) is 8.50. The number of nitrogens with one attached hydrogen (secondary N) is 2. The minimum Gasteiger partial charge on any atom is -0.495 e. The summed E-state index contributed by atoms with van der Waals surface area (Å²) in [4.78, 5) is 31.8. The zero-order chi connectivity index (χ0) is 23.6. The maximum atomic E-state index is 13.3. The van der Waals surface area contributed by atoms with Gasteiger partial charge >= 0.3 is 0 Å². The number of carbonyl (C=O) groups excluding carboxylic acids is 2. The zero-order valence-electron chi connectivity index (χ0n) is 19.2. The quantitative estimate of drug-likeness (QED) is 0.422. The van der Waals surface area contributed by atoms with Gasteiger partial charge in [0.2, 0.25) is 5.91 Å². The minimum atomic E-state index is -0.209.